The number of nitrogens with one attached hydrogen (secondary N) is 2. The molecule has 0 fully saturated rings. The van der Waals surface area contributed by atoms with Gasteiger partial charge >= 0.3 is 11.9 Å². The number of aromatic nitrogens is 1. The summed E-state index contributed by atoms with van der Waals surface area (Å²) in [6, 6.07) is 3.43. The van der Waals surface area contributed by atoms with Crippen LogP contribution in [0.25, 0.3) is 0 Å². The number of aromatic amines is 1. The number of furan rings is 1. The summed E-state index contributed by atoms with van der Waals surface area (Å²) in [6.45, 7) is 6.88. The molecule has 2 aromatic heterocycles. The van der Waals surface area contributed by atoms with Gasteiger partial charge in [0.15, 0.2) is 6.10 Å². The van der Waals surface area contributed by atoms with Crippen LogP contribution in [0, 0.1) is 13.8 Å². The molecular weight excluding hydrogens is 340 g/mol. The average Bonchev–Trinajstić information content (AvgIpc) is 3.20. The van der Waals surface area contributed by atoms with E-state index in [0.29, 0.717) is 22.6 Å². The second-order valence-electron chi connectivity index (χ2n) is 5.69. The van der Waals surface area contributed by atoms with Crippen LogP contribution < -0.4 is 5.32 Å². The monoisotopic (exact) mass is 362 g/mol. The molecule has 26 heavy (non-hydrogen) atoms. The minimum atomic E-state index is -1.01. The lowest BCUT2D eigenvalue weighted by molar-refractivity contribution is -0.129. The third kappa shape index (κ3) is 4.33. The number of esters is 2. The van der Waals surface area contributed by atoms with E-state index in [1.807, 2.05) is 0 Å². The lowest BCUT2D eigenvalue weighted by Crippen LogP contribution is -2.35. The van der Waals surface area contributed by atoms with E-state index in [-0.39, 0.29) is 18.8 Å². The molecule has 2 N–H and O–H groups in total. The minimum absolute atomic E-state index is 0.122. The van der Waals surface area contributed by atoms with Crippen LogP contribution in [-0.4, -0.2) is 35.5 Å². The molecule has 8 nitrogen and oxygen atoms in total. The van der Waals surface area contributed by atoms with Crippen molar-refractivity contribution >= 4 is 17.8 Å². The molecule has 140 valence electrons. The van der Waals surface area contributed by atoms with Crippen molar-refractivity contribution in [2.24, 2.45) is 0 Å². The zero-order valence-corrected chi connectivity index (χ0v) is 15.2. The summed E-state index contributed by atoms with van der Waals surface area (Å²) in [6.07, 6.45) is 0.495. The van der Waals surface area contributed by atoms with Crippen LogP contribution in [0.15, 0.2) is 22.8 Å². The topological polar surface area (TPSA) is 111 Å². The van der Waals surface area contributed by atoms with Crippen LogP contribution in [-0.2, 0) is 20.8 Å². The lowest BCUT2D eigenvalue weighted by Gasteiger charge is -2.13. The van der Waals surface area contributed by atoms with Gasteiger partial charge in [-0.1, -0.05) is 0 Å². The van der Waals surface area contributed by atoms with Gasteiger partial charge in [-0.2, -0.15) is 0 Å². The third-order valence-corrected chi connectivity index (χ3v) is 3.79. The van der Waals surface area contributed by atoms with Crippen LogP contribution in [0.5, 0.6) is 0 Å². The maximum absolute atomic E-state index is 12.4. The third-order valence-electron chi connectivity index (χ3n) is 3.79. The molecule has 0 radical (unpaired) electrons. The molecule has 0 saturated heterocycles. The normalized spacial score (nSPS) is 11.7. The number of carbonyl (C=O) groups is 3. The molecule has 0 bridgehead atoms. The van der Waals surface area contributed by atoms with Crippen molar-refractivity contribution in [1.29, 1.82) is 0 Å². The molecule has 0 saturated carbocycles. The average molecular weight is 362 g/mol. The molecule has 2 aromatic rings. The number of aryl methyl sites for hydroxylation is 1. The Labute approximate surface area is 150 Å². The van der Waals surface area contributed by atoms with Gasteiger partial charge in [-0.05, 0) is 45.4 Å². The number of amides is 1. The van der Waals surface area contributed by atoms with Gasteiger partial charge < -0.3 is 24.2 Å². The molecule has 0 aliphatic heterocycles. The van der Waals surface area contributed by atoms with Gasteiger partial charge in [0.1, 0.15) is 11.5 Å². The largest absolute Gasteiger partial charge is 0.467 e. The van der Waals surface area contributed by atoms with Crippen LogP contribution in [0.4, 0.5) is 0 Å². The van der Waals surface area contributed by atoms with Gasteiger partial charge in [-0.25, -0.2) is 9.59 Å². The van der Waals surface area contributed by atoms with E-state index in [1.165, 1.54) is 13.2 Å². The first kappa shape index (κ1) is 19.3. The highest BCUT2D eigenvalue weighted by Crippen LogP contribution is 2.20. The highest BCUT2D eigenvalue weighted by atomic mass is 16.5. The van der Waals surface area contributed by atoms with E-state index < -0.39 is 23.9 Å². The Kier molecular flexibility index (Phi) is 6.21. The van der Waals surface area contributed by atoms with Crippen LogP contribution in [0.1, 0.15) is 51.7 Å². The number of hydrogen-bond acceptors (Lipinski definition) is 6. The summed E-state index contributed by atoms with van der Waals surface area (Å²) >= 11 is 0. The van der Waals surface area contributed by atoms with Gasteiger partial charge in [0.05, 0.1) is 25.0 Å². The zero-order valence-electron chi connectivity index (χ0n) is 15.2. The van der Waals surface area contributed by atoms with Gasteiger partial charge in [-0.3, -0.25) is 4.79 Å². The summed E-state index contributed by atoms with van der Waals surface area (Å²) in [5.74, 6) is -1.10. The molecule has 0 aliphatic carbocycles. The van der Waals surface area contributed by atoms with Crippen molar-refractivity contribution in [2.45, 2.75) is 40.3 Å². The molecule has 0 unspecified atom stereocenters. The molecule has 1 amide bonds. The maximum Gasteiger partial charge on any atom is 0.355 e. The minimum Gasteiger partial charge on any atom is -0.467 e. The molecule has 8 heteroatoms. The molecule has 2 rings (SSSR count). The summed E-state index contributed by atoms with van der Waals surface area (Å²) in [4.78, 5) is 39.2. The van der Waals surface area contributed by atoms with E-state index >= 15 is 0 Å². The van der Waals surface area contributed by atoms with Crippen molar-refractivity contribution < 1.29 is 28.3 Å². The Morgan fingerprint density at radius 3 is 2.62 bits per heavy atom. The van der Waals surface area contributed by atoms with Crippen LogP contribution in [0.3, 0.4) is 0 Å². The highest BCUT2D eigenvalue weighted by molar-refractivity contribution is 5.99. The fourth-order valence-electron chi connectivity index (χ4n) is 2.47. The Bertz CT molecular complexity index is 791. The molecule has 1 atom stereocenters. The van der Waals surface area contributed by atoms with E-state index in [9.17, 15) is 14.4 Å². The molecule has 0 spiro atoms. The van der Waals surface area contributed by atoms with Gasteiger partial charge in [0.2, 0.25) is 0 Å². The standard InChI is InChI=1S/C18H22N2O6/c1-5-24-17(22)14-10(2)15(20-11(14)3)18(23)26-12(4)16(21)19-9-13-7-6-8-25-13/h6-8,12,20H,5,9H2,1-4H3,(H,19,21)/t12-/m0/s1. The van der Waals surface area contributed by atoms with E-state index in [2.05, 4.69) is 10.3 Å². The molecule has 0 aromatic carbocycles. The van der Waals surface area contributed by atoms with Crippen LogP contribution >= 0.6 is 0 Å². The zero-order chi connectivity index (χ0) is 19.3. The summed E-state index contributed by atoms with van der Waals surface area (Å²) in [5, 5.41) is 2.61. The fraction of sp³-hybridized carbons (Fsp3) is 0.389. The molecular formula is C18H22N2O6. The van der Waals surface area contributed by atoms with E-state index in [0.717, 1.165) is 0 Å². The summed E-state index contributed by atoms with van der Waals surface area (Å²) < 4.78 is 15.3. The first-order valence-corrected chi connectivity index (χ1v) is 8.22. The van der Waals surface area contributed by atoms with Crippen molar-refractivity contribution in [2.75, 3.05) is 6.61 Å². The number of H-pyrrole nitrogens is 1. The second kappa shape index (κ2) is 8.37. The molecule has 0 aliphatic rings. The number of hydrogen-bond donors (Lipinski definition) is 2. The second-order valence-corrected chi connectivity index (χ2v) is 5.69. The SMILES string of the molecule is CCOC(=O)c1c(C)[nH]c(C(=O)O[C@@H](C)C(=O)NCc2ccco2)c1C. The van der Waals surface area contributed by atoms with Crippen molar-refractivity contribution in [3.8, 4) is 0 Å². The van der Waals surface area contributed by atoms with Crippen LogP contribution in [0.2, 0.25) is 0 Å². The van der Waals surface area contributed by atoms with Crippen molar-refractivity contribution in [1.82, 2.24) is 10.3 Å². The molecule has 2 heterocycles. The smallest absolute Gasteiger partial charge is 0.355 e. The van der Waals surface area contributed by atoms with Crippen molar-refractivity contribution in [3.05, 3.63) is 46.7 Å². The summed E-state index contributed by atoms with van der Waals surface area (Å²) in [5.41, 5.74) is 1.35. The highest BCUT2D eigenvalue weighted by Gasteiger charge is 2.26. The fourth-order valence-corrected chi connectivity index (χ4v) is 2.47. The summed E-state index contributed by atoms with van der Waals surface area (Å²) in [7, 11) is 0. The number of rotatable bonds is 7. The quantitative estimate of drug-likeness (QED) is 0.731. The Morgan fingerprint density at radius 1 is 1.27 bits per heavy atom. The number of ether oxygens (including phenoxy) is 2. The van der Waals surface area contributed by atoms with E-state index in [1.54, 1.807) is 32.9 Å². The van der Waals surface area contributed by atoms with Gasteiger partial charge in [0, 0.05) is 5.69 Å². The predicted octanol–water partition coefficient (Wildman–Crippen LogP) is 2.26. The predicted molar refractivity (Wildman–Crippen MR) is 91.7 cm³/mol. The first-order valence-electron chi connectivity index (χ1n) is 8.22. The van der Waals surface area contributed by atoms with Crippen molar-refractivity contribution in [3.63, 3.8) is 0 Å². The lowest BCUT2D eigenvalue weighted by atomic mass is 10.1. The van der Waals surface area contributed by atoms with E-state index in [4.69, 9.17) is 13.9 Å². The van der Waals surface area contributed by atoms with Gasteiger partial charge in [-0.15, -0.1) is 0 Å². The Balaban J connectivity index is 2.01. The number of carbonyl (C=O) groups excluding carboxylic acids is 3. The first-order chi connectivity index (χ1) is 12.3. The Hall–Kier alpha value is -3.03. The Morgan fingerprint density at radius 2 is 2.00 bits per heavy atom. The maximum atomic E-state index is 12.4. The van der Waals surface area contributed by atoms with Gasteiger partial charge in [0.25, 0.3) is 5.91 Å².